The summed E-state index contributed by atoms with van der Waals surface area (Å²) >= 11 is 0. The molecule has 2 aromatic heterocycles. The van der Waals surface area contributed by atoms with Crippen molar-refractivity contribution in [2.75, 3.05) is 0 Å². The van der Waals surface area contributed by atoms with E-state index in [1.165, 1.54) is 0 Å². The highest BCUT2D eigenvalue weighted by molar-refractivity contribution is 5.87. The SMILES string of the molecule is Cc1c(CC(N)=O)ccc2cnc(-c3ccc4cn[nH]c4c3)nc12. The van der Waals surface area contributed by atoms with Crippen LogP contribution in [0.1, 0.15) is 11.1 Å². The van der Waals surface area contributed by atoms with Crippen molar-refractivity contribution in [1.82, 2.24) is 20.2 Å². The maximum absolute atomic E-state index is 11.2. The van der Waals surface area contributed by atoms with Crippen molar-refractivity contribution in [3.8, 4) is 11.4 Å². The molecule has 0 unspecified atom stereocenters. The molecule has 0 saturated heterocycles. The predicted octanol–water partition coefficient (Wildman–Crippen LogP) is 2.51. The van der Waals surface area contributed by atoms with E-state index in [4.69, 9.17) is 10.7 Å². The quantitative estimate of drug-likeness (QED) is 0.606. The molecule has 1 amide bonds. The Labute approximate surface area is 137 Å². The molecule has 2 heterocycles. The van der Waals surface area contributed by atoms with E-state index in [-0.39, 0.29) is 12.3 Å². The molecule has 6 heteroatoms. The lowest BCUT2D eigenvalue weighted by molar-refractivity contribution is -0.117. The van der Waals surface area contributed by atoms with Gasteiger partial charge in [0.15, 0.2) is 5.82 Å². The number of aromatic amines is 1. The van der Waals surface area contributed by atoms with E-state index in [0.29, 0.717) is 5.82 Å². The second-order valence-electron chi connectivity index (χ2n) is 5.80. The number of H-pyrrole nitrogens is 1. The van der Waals surface area contributed by atoms with Crippen LogP contribution >= 0.6 is 0 Å². The highest BCUT2D eigenvalue weighted by Crippen LogP contribution is 2.25. The number of hydrogen-bond acceptors (Lipinski definition) is 4. The molecule has 0 spiro atoms. The van der Waals surface area contributed by atoms with Crippen molar-refractivity contribution in [3.63, 3.8) is 0 Å². The maximum atomic E-state index is 11.2. The fourth-order valence-electron chi connectivity index (χ4n) is 2.88. The molecule has 0 radical (unpaired) electrons. The van der Waals surface area contributed by atoms with Crippen LogP contribution in [0.25, 0.3) is 33.2 Å². The van der Waals surface area contributed by atoms with Crippen molar-refractivity contribution in [2.45, 2.75) is 13.3 Å². The average molecular weight is 317 g/mol. The summed E-state index contributed by atoms with van der Waals surface area (Å²) in [6.07, 6.45) is 3.79. The molecule has 0 bridgehead atoms. The van der Waals surface area contributed by atoms with Crippen molar-refractivity contribution in [2.24, 2.45) is 5.73 Å². The van der Waals surface area contributed by atoms with Crippen LogP contribution in [0.3, 0.4) is 0 Å². The molecule has 0 atom stereocenters. The molecule has 0 fully saturated rings. The van der Waals surface area contributed by atoms with Crippen molar-refractivity contribution < 1.29 is 4.79 Å². The van der Waals surface area contributed by atoms with Gasteiger partial charge in [-0.05, 0) is 24.1 Å². The minimum absolute atomic E-state index is 0.210. The third kappa shape index (κ3) is 2.38. The fourth-order valence-corrected chi connectivity index (χ4v) is 2.88. The number of fused-ring (bicyclic) bond motifs is 2. The Morgan fingerprint density at radius 1 is 1.17 bits per heavy atom. The van der Waals surface area contributed by atoms with Crippen LogP contribution in [-0.2, 0) is 11.2 Å². The molecule has 2 aromatic carbocycles. The summed E-state index contributed by atoms with van der Waals surface area (Å²) in [7, 11) is 0. The van der Waals surface area contributed by atoms with Crippen LogP contribution in [0.5, 0.6) is 0 Å². The van der Waals surface area contributed by atoms with Gasteiger partial charge in [0, 0.05) is 22.5 Å². The molecule has 0 saturated carbocycles. The van der Waals surface area contributed by atoms with Gasteiger partial charge in [-0.3, -0.25) is 9.89 Å². The van der Waals surface area contributed by atoms with E-state index in [1.54, 1.807) is 12.4 Å². The Balaban J connectivity index is 1.86. The number of carbonyl (C=O) groups is 1. The maximum Gasteiger partial charge on any atom is 0.221 e. The van der Waals surface area contributed by atoms with E-state index in [2.05, 4.69) is 15.2 Å². The first kappa shape index (κ1) is 14.3. The number of benzene rings is 2. The molecule has 0 aliphatic carbocycles. The van der Waals surface area contributed by atoms with Crippen LogP contribution < -0.4 is 5.73 Å². The number of aryl methyl sites for hydroxylation is 1. The lowest BCUT2D eigenvalue weighted by Gasteiger charge is -2.09. The molecular formula is C18H15N5O. The van der Waals surface area contributed by atoms with Crippen LogP contribution in [0.15, 0.2) is 42.7 Å². The second kappa shape index (κ2) is 5.42. The van der Waals surface area contributed by atoms with Gasteiger partial charge in [-0.2, -0.15) is 5.10 Å². The molecule has 24 heavy (non-hydrogen) atoms. The predicted molar refractivity (Wildman–Crippen MR) is 92.3 cm³/mol. The van der Waals surface area contributed by atoms with Crippen LogP contribution in [0, 0.1) is 6.92 Å². The van der Waals surface area contributed by atoms with Gasteiger partial charge >= 0.3 is 0 Å². The summed E-state index contributed by atoms with van der Waals surface area (Å²) in [5.74, 6) is 0.287. The summed E-state index contributed by atoms with van der Waals surface area (Å²) in [4.78, 5) is 20.4. The zero-order valence-electron chi connectivity index (χ0n) is 13.1. The van der Waals surface area contributed by atoms with Crippen molar-refractivity contribution in [1.29, 1.82) is 0 Å². The number of nitrogens with one attached hydrogen (secondary N) is 1. The van der Waals surface area contributed by atoms with Gasteiger partial charge in [-0.15, -0.1) is 0 Å². The molecule has 0 aliphatic rings. The molecule has 4 aromatic rings. The fraction of sp³-hybridized carbons (Fsp3) is 0.111. The Kier molecular flexibility index (Phi) is 3.23. The Morgan fingerprint density at radius 2 is 2.00 bits per heavy atom. The summed E-state index contributed by atoms with van der Waals surface area (Å²) < 4.78 is 0. The number of aromatic nitrogens is 4. The number of primary amides is 1. The average Bonchev–Trinajstić information content (AvgIpc) is 3.04. The zero-order chi connectivity index (χ0) is 16.7. The third-order valence-corrected chi connectivity index (χ3v) is 4.18. The van der Waals surface area contributed by atoms with E-state index < -0.39 is 0 Å². The summed E-state index contributed by atoms with van der Waals surface area (Å²) in [6.45, 7) is 1.95. The highest BCUT2D eigenvalue weighted by Gasteiger charge is 2.10. The molecule has 118 valence electrons. The lowest BCUT2D eigenvalue weighted by atomic mass is 10.0. The smallest absolute Gasteiger partial charge is 0.221 e. The number of amides is 1. The molecule has 3 N–H and O–H groups in total. The number of hydrogen-bond donors (Lipinski definition) is 2. The van der Waals surface area contributed by atoms with Gasteiger partial charge in [0.25, 0.3) is 0 Å². The monoisotopic (exact) mass is 317 g/mol. The minimum Gasteiger partial charge on any atom is -0.369 e. The first-order valence-electron chi connectivity index (χ1n) is 7.59. The van der Waals surface area contributed by atoms with Crippen LogP contribution in [0.4, 0.5) is 0 Å². The van der Waals surface area contributed by atoms with E-state index >= 15 is 0 Å². The van der Waals surface area contributed by atoms with E-state index in [9.17, 15) is 4.79 Å². The number of nitrogens with two attached hydrogens (primary N) is 1. The summed E-state index contributed by atoms with van der Waals surface area (Å²) in [6, 6.07) is 9.76. The molecular weight excluding hydrogens is 302 g/mol. The van der Waals surface area contributed by atoms with E-state index in [0.717, 1.165) is 38.5 Å². The molecule has 6 nitrogen and oxygen atoms in total. The van der Waals surface area contributed by atoms with E-state index in [1.807, 2.05) is 37.3 Å². The van der Waals surface area contributed by atoms with Gasteiger partial charge < -0.3 is 5.73 Å². The van der Waals surface area contributed by atoms with Crippen molar-refractivity contribution >= 4 is 27.7 Å². The van der Waals surface area contributed by atoms with Crippen LogP contribution in [0.2, 0.25) is 0 Å². The zero-order valence-corrected chi connectivity index (χ0v) is 13.1. The van der Waals surface area contributed by atoms with Gasteiger partial charge in [0.1, 0.15) is 0 Å². The topological polar surface area (TPSA) is 97.5 Å². The highest BCUT2D eigenvalue weighted by atomic mass is 16.1. The Bertz CT molecular complexity index is 1080. The lowest BCUT2D eigenvalue weighted by Crippen LogP contribution is -2.14. The number of rotatable bonds is 3. The Morgan fingerprint density at radius 3 is 2.83 bits per heavy atom. The third-order valence-electron chi connectivity index (χ3n) is 4.18. The van der Waals surface area contributed by atoms with Gasteiger partial charge in [0.2, 0.25) is 5.91 Å². The standard InChI is InChI=1S/C18H15N5O/c1-10-11(7-16(19)24)2-5-14-8-20-18(22-17(10)14)12-3-4-13-9-21-23-15(13)6-12/h2-6,8-9H,7H2,1H3,(H2,19,24)(H,21,23). The largest absolute Gasteiger partial charge is 0.369 e. The molecule has 4 rings (SSSR count). The van der Waals surface area contributed by atoms with Gasteiger partial charge in [-0.25, -0.2) is 9.97 Å². The Hall–Kier alpha value is -3.28. The summed E-state index contributed by atoms with van der Waals surface area (Å²) in [5, 5.41) is 8.96. The first-order valence-corrected chi connectivity index (χ1v) is 7.59. The number of carbonyl (C=O) groups excluding carboxylic acids is 1. The number of nitrogens with zero attached hydrogens (tertiary/aromatic N) is 3. The van der Waals surface area contributed by atoms with Crippen molar-refractivity contribution in [3.05, 3.63) is 53.9 Å². The molecule has 0 aliphatic heterocycles. The minimum atomic E-state index is -0.351. The van der Waals surface area contributed by atoms with Gasteiger partial charge in [0.05, 0.1) is 23.7 Å². The first-order chi connectivity index (χ1) is 11.6. The van der Waals surface area contributed by atoms with Gasteiger partial charge in [-0.1, -0.05) is 24.3 Å². The summed E-state index contributed by atoms with van der Waals surface area (Å²) in [5.41, 5.74) is 9.86. The van der Waals surface area contributed by atoms with Crippen LogP contribution in [-0.4, -0.2) is 26.1 Å². The normalized spacial score (nSPS) is 11.2. The second-order valence-corrected chi connectivity index (χ2v) is 5.80.